The van der Waals surface area contributed by atoms with E-state index in [1.165, 1.54) is 0 Å². The third-order valence-corrected chi connectivity index (χ3v) is 15.3. The first kappa shape index (κ1) is 69.1. The van der Waals surface area contributed by atoms with Crippen LogP contribution in [0.1, 0.15) is 13.8 Å². The Morgan fingerprint density at radius 3 is 1.07 bits per heavy atom. The van der Waals surface area contributed by atoms with Gasteiger partial charge in [0.1, 0.15) is 171 Å². The summed E-state index contributed by atoms with van der Waals surface area (Å²) in [6.07, 6.45) is -64.7. The molecule has 7 saturated heterocycles. The molecule has 35 atom stereocenters. The summed E-state index contributed by atoms with van der Waals surface area (Å²) in [5.41, 5.74) is 0. The molecule has 23 N–H and O–H groups in total. The van der Waals surface area contributed by atoms with Crippen molar-refractivity contribution in [2.75, 3.05) is 46.2 Å². The molecular formula is C46H78N2O36. The minimum Gasteiger partial charge on any atom is -0.394 e. The van der Waals surface area contributed by atoms with Crippen molar-refractivity contribution in [1.29, 1.82) is 0 Å². The first-order valence-electron chi connectivity index (χ1n) is 26.6. The predicted octanol–water partition coefficient (Wildman–Crippen LogP) is -16.0. The molecule has 2 amide bonds. The van der Waals surface area contributed by atoms with Crippen LogP contribution in [0.25, 0.3) is 0 Å². The van der Waals surface area contributed by atoms with Crippen molar-refractivity contribution < 1.29 is 178 Å². The van der Waals surface area contributed by atoms with E-state index in [0.29, 0.717) is 0 Å². The van der Waals surface area contributed by atoms with Crippen LogP contribution in [0.2, 0.25) is 0 Å². The van der Waals surface area contributed by atoms with Crippen molar-refractivity contribution in [1.82, 2.24) is 10.6 Å². The summed E-state index contributed by atoms with van der Waals surface area (Å²) in [7, 11) is 0. The molecule has 7 fully saturated rings. The van der Waals surface area contributed by atoms with Gasteiger partial charge in [0.25, 0.3) is 0 Å². The lowest BCUT2D eigenvalue weighted by atomic mass is 9.94. The lowest BCUT2D eigenvalue weighted by Gasteiger charge is -2.50. The normalized spacial score (nSPS) is 50.3. The second-order valence-corrected chi connectivity index (χ2v) is 21.1. The van der Waals surface area contributed by atoms with Crippen LogP contribution >= 0.6 is 0 Å². The van der Waals surface area contributed by atoms with Gasteiger partial charge in [-0.25, -0.2) is 0 Å². The molecule has 7 aliphatic heterocycles. The maximum absolute atomic E-state index is 12.7. The number of amides is 2. The van der Waals surface area contributed by atoms with Gasteiger partial charge in [-0.1, -0.05) is 0 Å². The minimum absolute atomic E-state index is 0.740. The number of carbonyl (C=O) groups excluding carboxylic acids is 2. The Morgan fingerprint density at radius 2 is 0.607 bits per heavy atom. The van der Waals surface area contributed by atoms with Crippen LogP contribution in [-0.2, 0) is 71.2 Å². The number of rotatable bonds is 21. The monoisotopic (exact) mass is 1230 g/mol. The van der Waals surface area contributed by atoms with Crippen molar-refractivity contribution in [3.63, 3.8) is 0 Å². The van der Waals surface area contributed by atoms with E-state index in [9.17, 15) is 117 Å². The average Bonchev–Trinajstić information content (AvgIpc) is 3.08. The third kappa shape index (κ3) is 14.9. The minimum atomic E-state index is -2.38. The molecule has 0 aromatic heterocycles. The lowest BCUT2D eigenvalue weighted by molar-refractivity contribution is -0.388. The van der Waals surface area contributed by atoms with Crippen LogP contribution < -0.4 is 10.6 Å². The van der Waals surface area contributed by atoms with Gasteiger partial charge in [0, 0.05) is 13.8 Å². The Labute approximate surface area is 475 Å². The van der Waals surface area contributed by atoms with Gasteiger partial charge < -0.3 is 179 Å². The number of nitrogens with one attached hydrogen (secondary N) is 2. The number of aliphatic hydroxyl groups excluding tert-OH is 21. The Kier molecular flexibility index (Phi) is 24.6. The van der Waals surface area contributed by atoms with E-state index in [4.69, 9.17) is 61.6 Å². The molecule has 84 heavy (non-hydrogen) atoms. The molecule has 0 bridgehead atoms. The van der Waals surface area contributed by atoms with Crippen molar-refractivity contribution >= 4 is 11.8 Å². The summed E-state index contributed by atoms with van der Waals surface area (Å²) in [6, 6.07) is -3.38. The quantitative estimate of drug-likeness (QED) is 0.0507. The van der Waals surface area contributed by atoms with E-state index in [1.54, 1.807) is 0 Å². The molecule has 38 nitrogen and oxygen atoms in total. The van der Waals surface area contributed by atoms with E-state index < -0.39 is 273 Å². The zero-order valence-electron chi connectivity index (χ0n) is 44.7. The molecule has 0 saturated carbocycles. The van der Waals surface area contributed by atoms with Crippen LogP contribution in [0.5, 0.6) is 0 Å². The number of hydrogen-bond acceptors (Lipinski definition) is 36. The summed E-state index contributed by atoms with van der Waals surface area (Å²) >= 11 is 0. The smallest absolute Gasteiger partial charge is 0.217 e. The van der Waals surface area contributed by atoms with Crippen LogP contribution in [-0.4, -0.2) is 380 Å². The van der Waals surface area contributed by atoms with Crippen LogP contribution in [0.4, 0.5) is 0 Å². The second-order valence-electron chi connectivity index (χ2n) is 21.1. The number of aliphatic hydroxyl groups is 21. The van der Waals surface area contributed by atoms with E-state index in [1.807, 2.05) is 0 Å². The second kappa shape index (κ2) is 29.9. The molecule has 0 aliphatic carbocycles. The fourth-order valence-electron chi connectivity index (χ4n) is 10.6. The molecule has 7 rings (SSSR count). The number of hydrogen-bond donors (Lipinski definition) is 23. The van der Waals surface area contributed by atoms with Crippen molar-refractivity contribution in [2.45, 2.75) is 229 Å². The molecule has 7 heterocycles. The van der Waals surface area contributed by atoms with Gasteiger partial charge in [-0.3, -0.25) is 9.59 Å². The summed E-state index contributed by atoms with van der Waals surface area (Å²) in [5, 5.41) is 231. The molecule has 38 heteroatoms. The van der Waals surface area contributed by atoms with E-state index in [-0.39, 0.29) is 0 Å². The fraction of sp³-hybridized carbons (Fsp3) is 0.957. The Balaban J connectivity index is 1.15. The Bertz CT molecular complexity index is 2060. The molecule has 0 unspecified atom stereocenters. The van der Waals surface area contributed by atoms with Crippen molar-refractivity contribution in [2.24, 2.45) is 0 Å². The highest BCUT2D eigenvalue weighted by atomic mass is 16.8. The zero-order valence-corrected chi connectivity index (χ0v) is 44.7. The fourth-order valence-corrected chi connectivity index (χ4v) is 10.6. The average molecular weight is 1240 g/mol. The van der Waals surface area contributed by atoms with E-state index >= 15 is 0 Å². The molecule has 7 aliphatic rings. The van der Waals surface area contributed by atoms with E-state index in [0.717, 1.165) is 13.8 Å². The van der Waals surface area contributed by atoms with Crippen LogP contribution in [0.3, 0.4) is 0 Å². The topological polar surface area (TPSA) is 603 Å². The number of carbonyl (C=O) groups is 2. The summed E-state index contributed by atoms with van der Waals surface area (Å²) in [6.45, 7) is -4.69. The first-order chi connectivity index (χ1) is 39.7. The molecule has 488 valence electrons. The van der Waals surface area contributed by atoms with Crippen molar-refractivity contribution in [3.8, 4) is 0 Å². The molecule has 0 aromatic carbocycles. The SMILES string of the molecule is CC(=O)N[C@@H]1[C@@H](O)[C@H](O[C@@H]2O[C@H](CO)[C@@H](O[C@@H]3O[C@H](CO[C@H]4O[C@H](CO)[C@@H](O)[C@H](O[C@H]5O[C@H](CO)[C@@H](O)[C@H](O)[C@@H]5O)[C@@H]4O)[C@@H](O)[C@H](O[C@H]4O[C@H](CO[C@H]5O[C@H](CO)[C@@H](O)[C@H](O)[C@@H]5O)[C@@H](O)[C@H](O)[C@@H]4O)[C@@H]3O)[C@H](O)[C@H]2NC(C)=O)[C@@H](CO)O[C@H]1O. The first-order valence-corrected chi connectivity index (χ1v) is 26.6. The standard InChI is InChI=1S/C46H78N2O36/c1-10(54)47-19-26(61)36(15(6-52)74-40(19)71)81-41-20(48-11(2)55)27(62)37(16(7-53)78-41)82-46-35(70)39(84-45-33(68)30(65)23(58)17(79-45)8-72-42-31(66)28(63)21(56)12(3-49)75-42)25(60)18(80-46)9-73-43-34(69)38(24(59)14(5-51)76-43)83-44-32(67)29(64)22(57)13(4-50)77-44/h12-46,49-53,56-71H,3-9H2,1-2H3,(H,47,54)(H,48,55)/t12-,13-,14-,15-,16-,17-,18-,19-,20-,21-,22-,23-,24-,25-,26-,27-,28+,29+,30+,31+,32+,33+,34+,35+,36-,37-,38+,39+,40-,41+,42+,43+,44-,45-,46+/m1/s1. The lowest BCUT2D eigenvalue weighted by Crippen LogP contribution is -2.70. The molecule has 0 aromatic rings. The Hall–Kier alpha value is -2.42. The van der Waals surface area contributed by atoms with Crippen molar-refractivity contribution in [3.05, 3.63) is 0 Å². The van der Waals surface area contributed by atoms with Gasteiger partial charge in [-0.15, -0.1) is 0 Å². The van der Waals surface area contributed by atoms with Crippen LogP contribution in [0, 0.1) is 0 Å². The molecule has 0 radical (unpaired) electrons. The largest absolute Gasteiger partial charge is 0.394 e. The highest BCUT2D eigenvalue weighted by molar-refractivity contribution is 5.73. The highest BCUT2D eigenvalue weighted by Crippen LogP contribution is 2.37. The third-order valence-electron chi connectivity index (χ3n) is 15.3. The molecular weight excluding hydrogens is 1160 g/mol. The zero-order chi connectivity index (χ0) is 61.9. The maximum Gasteiger partial charge on any atom is 0.217 e. The highest BCUT2D eigenvalue weighted by Gasteiger charge is 2.58. The van der Waals surface area contributed by atoms with Gasteiger partial charge in [0.2, 0.25) is 11.8 Å². The summed E-state index contributed by atoms with van der Waals surface area (Å²) in [5.74, 6) is -1.61. The van der Waals surface area contributed by atoms with Gasteiger partial charge in [0.05, 0.1) is 46.2 Å². The Morgan fingerprint density at radius 1 is 0.310 bits per heavy atom. The predicted molar refractivity (Wildman–Crippen MR) is 255 cm³/mol. The maximum atomic E-state index is 12.7. The van der Waals surface area contributed by atoms with Crippen LogP contribution in [0.15, 0.2) is 0 Å². The number of ether oxygens (including phenoxy) is 13. The van der Waals surface area contributed by atoms with Gasteiger partial charge in [0.15, 0.2) is 44.0 Å². The molecule has 0 spiro atoms. The summed E-state index contributed by atoms with van der Waals surface area (Å²) in [4.78, 5) is 24.6. The van der Waals surface area contributed by atoms with Gasteiger partial charge >= 0.3 is 0 Å². The van der Waals surface area contributed by atoms with E-state index in [2.05, 4.69) is 10.6 Å². The van der Waals surface area contributed by atoms with Gasteiger partial charge in [-0.2, -0.15) is 0 Å². The van der Waals surface area contributed by atoms with Gasteiger partial charge in [-0.05, 0) is 0 Å². The summed E-state index contributed by atoms with van der Waals surface area (Å²) < 4.78 is 74.0.